The number of nitriles is 1. The lowest BCUT2D eigenvalue weighted by Crippen LogP contribution is -2.26. The van der Waals surface area contributed by atoms with Crippen molar-refractivity contribution in [3.63, 3.8) is 0 Å². The molecule has 3 aromatic rings. The highest BCUT2D eigenvalue weighted by atomic mass is 35.5. The molecule has 6 heteroatoms. The van der Waals surface area contributed by atoms with Gasteiger partial charge in [-0.25, -0.2) is 4.99 Å². The van der Waals surface area contributed by atoms with Gasteiger partial charge in [0.25, 0.3) is 0 Å². The average Bonchev–Trinajstić information content (AvgIpc) is 3.14. The van der Waals surface area contributed by atoms with E-state index in [4.69, 9.17) is 32.9 Å². The van der Waals surface area contributed by atoms with E-state index in [1.54, 1.807) is 23.6 Å². The van der Waals surface area contributed by atoms with E-state index >= 15 is 0 Å². The maximum Gasteiger partial charge on any atom is 0.134 e. The van der Waals surface area contributed by atoms with Crippen LogP contribution >= 0.6 is 34.5 Å². The van der Waals surface area contributed by atoms with Crippen molar-refractivity contribution >= 4 is 45.8 Å². The third-order valence-electron chi connectivity index (χ3n) is 6.22. The molecular formula is C27H26Cl2N2OS. The highest BCUT2D eigenvalue weighted by Gasteiger charge is 2.32. The number of ether oxygens (including phenoxy) is 1. The first-order valence-electron chi connectivity index (χ1n) is 11.0. The Labute approximate surface area is 209 Å². The predicted molar refractivity (Wildman–Crippen MR) is 138 cm³/mol. The van der Waals surface area contributed by atoms with E-state index in [1.807, 2.05) is 36.4 Å². The maximum atomic E-state index is 9.85. The molecule has 0 saturated heterocycles. The summed E-state index contributed by atoms with van der Waals surface area (Å²) in [6.45, 7) is 7.23. The van der Waals surface area contributed by atoms with Gasteiger partial charge in [-0.15, -0.1) is 11.3 Å². The van der Waals surface area contributed by atoms with Gasteiger partial charge in [0.1, 0.15) is 23.4 Å². The number of benzene rings is 2. The minimum absolute atomic E-state index is 0.257. The van der Waals surface area contributed by atoms with Crippen molar-refractivity contribution in [2.24, 2.45) is 16.3 Å². The summed E-state index contributed by atoms with van der Waals surface area (Å²) in [6, 6.07) is 15.4. The Hall–Kier alpha value is -2.32. The van der Waals surface area contributed by atoms with Crippen LogP contribution in [0.15, 0.2) is 47.5 Å². The lowest BCUT2D eigenvalue weighted by molar-refractivity contribution is 0.218. The number of nitrogens with zero attached hydrogens (tertiary/aromatic N) is 2. The van der Waals surface area contributed by atoms with Crippen LogP contribution in [0.2, 0.25) is 10.0 Å². The second-order valence-corrected chi connectivity index (χ2v) is 11.3. The third-order valence-corrected chi connectivity index (χ3v) is 7.98. The van der Waals surface area contributed by atoms with Crippen molar-refractivity contribution in [3.05, 3.63) is 79.6 Å². The minimum Gasteiger partial charge on any atom is -0.488 e. The number of hydrogen-bond acceptors (Lipinski definition) is 4. The Kier molecular flexibility index (Phi) is 7.14. The predicted octanol–water partition coefficient (Wildman–Crippen LogP) is 8.41. The van der Waals surface area contributed by atoms with Gasteiger partial charge in [0.05, 0.1) is 5.56 Å². The first-order valence-corrected chi connectivity index (χ1v) is 12.6. The molecule has 0 fully saturated rings. The maximum absolute atomic E-state index is 9.85. The molecular weight excluding hydrogens is 471 g/mol. The zero-order chi connectivity index (χ0) is 23.6. The zero-order valence-corrected chi connectivity index (χ0v) is 21.3. The molecule has 1 heterocycles. The lowest BCUT2D eigenvalue weighted by Gasteiger charge is -2.33. The number of rotatable bonds is 5. The largest absolute Gasteiger partial charge is 0.488 e. The molecule has 0 unspecified atom stereocenters. The SMILES string of the molecule is CC(C)(C)[C@@H]1CCc2c(sc(N=Cc3cc(Cl)ccc3OCc3ccccc3Cl)c2C#N)C1. The van der Waals surface area contributed by atoms with Gasteiger partial charge in [0.15, 0.2) is 0 Å². The van der Waals surface area contributed by atoms with Gasteiger partial charge in [0, 0.05) is 32.3 Å². The number of thiophene rings is 1. The van der Waals surface area contributed by atoms with Crippen LogP contribution in [-0.2, 0) is 19.4 Å². The molecule has 0 amide bonds. The Morgan fingerprint density at radius 2 is 2.00 bits per heavy atom. The minimum atomic E-state index is 0.257. The Morgan fingerprint density at radius 3 is 2.73 bits per heavy atom. The van der Waals surface area contributed by atoms with E-state index in [1.165, 1.54) is 10.4 Å². The molecule has 0 N–H and O–H groups in total. The van der Waals surface area contributed by atoms with Gasteiger partial charge >= 0.3 is 0 Å². The molecule has 0 radical (unpaired) electrons. The first-order chi connectivity index (χ1) is 15.8. The zero-order valence-electron chi connectivity index (χ0n) is 19.0. The Morgan fingerprint density at radius 1 is 1.21 bits per heavy atom. The summed E-state index contributed by atoms with van der Waals surface area (Å²) in [5.74, 6) is 1.28. The van der Waals surface area contributed by atoms with Crippen molar-refractivity contribution in [2.75, 3.05) is 0 Å². The van der Waals surface area contributed by atoms with Crippen molar-refractivity contribution < 1.29 is 4.74 Å². The number of halogens is 2. The quantitative estimate of drug-likeness (QED) is 0.332. The normalized spacial score (nSPS) is 15.9. The fraction of sp³-hybridized carbons (Fsp3) is 0.333. The highest BCUT2D eigenvalue weighted by Crippen LogP contribution is 2.45. The van der Waals surface area contributed by atoms with E-state index < -0.39 is 0 Å². The summed E-state index contributed by atoms with van der Waals surface area (Å²) in [5, 5.41) is 11.9. The van der Waals surface area contributed by atoms with Gasteiger partial charge in [0.2, 0.25) is 0 Å². The van der Waals surface area contributed by atoms with Crippen molar-refractivity contribution in [1.29, 1.82) is 5.26 Å². The molecule has 33 heavy (non-hydrogen) atoms. The monoisotopic (exact) mass is 496 g/mol. The van der Waals surface area contributed by atoms with Crippen LogP contribution in [0, 0.1) is 22.7 Å². The third kappa shape index (κ3) is 5.44. The van der Waals surface area contributed by atoms with E-state index in [9.17, 15) is 5.26 Å². The van der Waals surface area contributed by atoms with Crippen LogP contribution in [0.5, 0.6) is 5.75 Å². The summed E-state index contributed by atoms with van der Waals surface area (Å²) in [6.07, 6.45) is 4.80. The van der Waals surface area contributed by atoms with Gasteiger partial charge in [-0.3, -0.25) is 0 Å². The Bertz CT molecular complexity index is 1230. The number of aliphatic imine (C=N–C) groups is 1. The van der Waals surface area contributed by atoms with E-state index in [-0.39, 0.29) is 5.41 Å². The highest BCUT2D eigenvalue weighted by molar-refractivity contribution is 7.16. The lowest BCUT2D eigenvalue weighted by atomic mass is 9.72. The molecule has 2 aromatic carbocycles. The van der Waals surface area contributed by atoms with Crippen LogP contribution in [0.25, 0.3) is 0 Å². The molecule has 1 atom stereocenters. The van der Waals surface area contributed by atoms with E-state index in [0.717, 1.165) is 35.4 Å². The first kappa shape index (κ1) is 23.8. The van der Waals surface area contributed by atoms with Crippen LogP contribution < -0.4 is 4.74 Å². The smallest absolute Gasteiger partial charge is 0.134 e. The van der Waals surface area contributed by atoms with E-state index in [0.29, 0.717) is 33.9 Å². The number of fused-ring (bicyclic) bond motifs is 1. The fourth-order valence-electron chi connectivity index (χ4n) is 4.17. The second kappa shape index (κ2) is 9.89. The van der Waals surface area contributed by atoms with Gasteiger partial charge < -0.3 is 4.74 Å². The summed E-state index contributed by atoms with van der Waals surface area (Å²) >= 11 is 14.2. The van der Waals surface area contributed by atoms with Crippen molar-refractivity contribution in [2.45, 2.75) is 46.6 Å². The van der Waals surface area contributed by atoms with Crippen molar-refractivity contribution in [1.82, 2.24) is 0 Å². The molecule has 3 nitrogen and oxygen atoms in total. The molecule has 0 spiro atoms. The summed E-state index contributed by atoms with van der Waals surface area (Å²) < 4.78 is 6.04. The summed E-state index contributed by atoms with van der Waals surface area (Å²) in [5.41, 5.74) is 3.81. The average molecular weight is 497 g/mol. The molecule has 1 aliphatic rings. The van der Waals surface area contributed by atoms with Crippen LogP contribution in [0.3, 0.4) is 0 Å². The molecule has 170 valence electrons. The van der Waals surface area contributed by atoms with Gasteiger partial charge in [-0.2, -0.15) is 5.26 Å². The van der Waals surface area contributed by atoms with E-state index in [2.05, 4.69) is 26.8 Å². The molecule has 0 bridgehead atoms. The molecule has 0 saturated carbocycles. The van der Waals surface area contributed by atoms with Crippen LogP contribution in [-0.4, -0.2) is 6.21 Å². The Balaban J connectivity index is 1.60. The summed E-state index contributed by atoms with van der Waals surface area (Å²) in [7, 11) is 0. The van der Waals surface area contributed by atoms with Crippen molar-refractivity contribution in [3.8, 4) is 11.8 Å². The molecule has 1 aliphatic carbocycles. The summed E-state index contributed by atoms with van der Waals surface area (Å²) in [4.78, 5) is 6.02. The van der Waals surface area contributed by atoms with Gasteiger partial charge in [-0.05, 0) is 60.4 Å². The topological polar surface area (TPSA) is 45.4 Å². The molecule has 1 aromatic heterocycles. The fourth-order valence-corrected chi connectivity index (χ4v) is 5.76. The standard InChI is InChI=1S/C27H26Cl2N2OS/c1-27(2,3)19-8-10-21-22(14-30)26(33-25(21)13-19)31-15-18-12-20(28)9-11-24(18)32-16-17-6-4-5-7-23(17)29/h4-7,9,11-12,15,19H,8,10,13,16H2,1-3H3/t19-/m1/s1. The molecule has 4 rings (SSSR count). The van der Waals surface area contributed by atoms with Crippen LogP contribution in [0.4, 0.5) is 5.00 Å². The molecule has 0 aliphatic heterocycles. The second-order valence-electron chi connectivity index (χ2n) is 9.42. The van der Waals surface area contributed by atoms with Crippen LogP contribution in [0.1, 0.15) is 54.3 Å². The number of hydrogen-bond donors (Lipinski definition) is 0. The van der Waals surface area contributed by atoms with Gasteiger partial charge in [-0.1, -0.05) is 62.2 Å².